The van der Waals surface area contributed by atoms with Crippen LogP contribution in [0.4, 0.5) is 11.4 Å². The van der Waals surface area contributed by atoms with Gasteiger partial charge in [-0.2, -0.15) is 5.26 Å². The SMILES string of the molecule is CCOc1cc(N)cc(N2CCOC(C#N)C2)c1. The maximum Gasteiger partial charge on any atom is 0.161 e. The highest BCUT2D eigenvalue weighted by atomic mass is 16.5. The normalized spacial score (nSPS) is 19.3. The highest BCUT2D eigenvalue weighted by Crippen LogP contribution is 2.26. The van der Waals surface area contributed by atoms with Crippen molar-refractivity contribution >= 4 is 11.4 Å². The van der Waals surface area contributed by atoms with Gasteiger partial charge in [0.15, 0.2) is 6.10 Å². The molecule has 5 nitrogen and oxygen atoms in total. The zero-order valence-electron chi connectivity index (χ0n) is 10.4. The molecular weight excluding hydrogens is 230 g/mol. The van der Waals surface area contributed by atoms with E-state index in [2.05, 4.69) is 11.0 Å². The minimum atomic E-state index is -0.379. The van der Waals surface area contributed by atoms with Crippen LogP contribution in [0, 0.1) is 11.3 Å². The summed E-state index contributed by atoms with van der Waals surface area (Å²) in [5.41, 5.74) is 7.50. The molecule has 0 aliphatic carbocycles. The van der Waals surface area contributed by atoms with E-state index >= 15 is 0 Å². The minimum absolute atomic E-state index is 0.379. The predicted molar refractivity (Wildman–Crippen MR) is 69.6 cm³/mol. The molecular formula is C13H17N3O2. The number of rotatable bonds is 3. The molecule has 0 aromatic heterocycles. The highest BCUT2D eigenvalue weighted by Gasteiger charge is 2.20. The Morgan fingerprint density at radius 2 is 2.39 bits per heavy atom. The number of nitriles is 1. The lowest BCUT2D eigenvalue weighted by Crippen LogP contribution is -2.41. The van der Waals surface area contributed by atoms with Gasteiger partial charge >= 0.3 is 0 Å². The summed E-state index contributed by atoms with van der Waals surface area (Å²) >= 11 is 0. The molecule has 1 aliphatic heterocycles. The Hall–Kier alpha value is -1.93. The number of anilines is 2. The Labute approximate surface area is 107 Å². The Balaban J connectivity index is 2.19. The second kappa shape index (κ2) is 5.61. The van der Waals surface area contributed by atoms with Crippen LogP contribution >= 0.6 is 0 Å². The van der Waals surface area contributed by atoms with E-state index in [1.165, 1.54) is 0 Å². The Morgan fingerprint density at radius 3 is 3.11 bits per heavy atom. The summed E-state index contributed by atoms with van der Waals surface area (Å²) in [5, 5.41) is 8.90. The molecule has 18 heavy (non-hydrogen) atoms. The summed E-state index contributed by atoms with van der Waals surface area (Å²) in [6, 6.07) is 7.77. The number of nitrogens with two attached hydrogens (primary N) is 1. The van der Waals surface area contributed by atoms with E-state index in [1.54, 1.807) is 6.07 Å². The lowest BCUT2D eigenvalue weighted by Gasteiger charge is -2.32. The quantitative estimate of drug-likeness (QED) is 0.817. The van der Waals surface area contributed by atoms with Crippen LogP contribution in [0.3, 0.4) is 0 Å². The Bertz CT molecular complexity index is 456. The Kier molecular flexibility index (Phi) is 3.90. The summed E-state index contributed by atoms with van der Waals surface area (Å²) in [7, 11) is 0. The van der Waals surface area contributed by atoms with E-state index < -0.39 is 0 Å². The lowest BCUT2D eigenvalue weighted by molar-refractivity contribution is 0.0764. The summed E-state index contributed by atoms with van der Waals surface area (Å²) in [6.45, 7) is 4.41. The van der Waals surface area contributed by atoms with E-state index in [4.69, 9.17) is 20.5 Å². The molecule has 1 aliphatic rings. The topological polar surface area (TPSA) is 71.5 Å². The fourth-order valence-corrected chi connectivity index (χ4v) is 2.00. The molecule has 1 atom stereocenters. The van der Waals surface area contributed by atoms with Gasteiger partial charge in [0.25, 0.3) is 0 Å². The first kappa shape index (κ1) is 12.5. The molecule has 1 aromatic carbocycles. The summed E-state index contributed by atoms with van der Waals surface area (Å²) in [5.74, 6) is 0.757. The van der Waals surface area contributed by atoms with Crippen molar-refractivity contribution in [3.8, 4) is 11.8 Å². The summed E-state index contributed by atoms with van der Waals surface area (Å²) in [4.78, 5) is 2.09. The van der Waals surface area contributed by atoms with Gasteiger partial charge in [-0.25, -0.2) is 0 Å². The smallest absolute Gasteiger partial charge is 0.161 e. The molecule has 1 unspecified atom stereocenters. The van der Waals surface area contributed by atoms with Crippen LogP contribution in [0.1, 0.15) is 6.92 Å². The van der Waals surface area contributed by atoms with Crippen molar-refractivity contribution in [1.82, 2.24) is 0 Å². The van der Waals surface area contributed by atoms with Crippen LogP contribution in [0.2, 0.25) is 0 Å². The number of hydrogen-bond donors (Lipinski definition) is 1. The van der Waals surface area contributed by atoms with Gasteiger partial charge in [0.2, 0.25) is 0 Å². The second-order valence-electron chi connectivity index (χ2n) is 4.13. The molecule has 2 rings (SSSR count). The summed E-state index contributed by atoms with van der Waals surface area (Å²) in [6.07, 6.45) is -0.379. The van der Waals surface area contributed by atoms with Crippen molar-refractivity contribution in [3.63, 3.8) is 0 Å². The van der Waals surface area contributed by atoms with E-state index in [9.17, 15) is 0 Å². The van der Waals surface area contributed by atoms with Crippen molar-refractivity contribution in [1.29, 1.82) is 5.26 Å². The third-order valence-electron chi connectivity index (χ3n) is 2.80. The van der Waals surface area contributed by atoms with Gasteiger partial charge in [-0.05, 0) is 13.0 Å². The van der Waals surface area contributed by atoms with E-state index in [-0.39, 0.29) is 6.10 Å². The van der Waals surface area contributed by atoms with Gasteiger partial charge in [-0.15, -0.1) is 0 Å². The van der Waals surface area contributed by atoms with Gasteiger partial charge in [0.05, 0.1) is 25.8 Å². The maximum atomic E-state index is 8.90. The van der Waals surface area contributed by atoms with Crippen LogP contribution in [0.15, 0.2) is 18.2 Å². The van der Waals surface area contributed by atoms with Crippen molar-refractivity contribution in [2.24, 2.45) is 0 Å². The average molecular weight is 247 g/mol. The van der Waals surface area contributed by atoms with Crippen molar-refractivity contribution in [2.45, 2.75) is 13.0 Å². The fraction of sp³-hybridized carbons (Fsp3) is 0.462. The number of nitrogen functional groups attached to an aromatic ring is 1. The second-order valence-corrected chi connectivity index (χ2v) is 4.13. The summed E-state index contributed by atoms with van der Waals surface area (Å²) < 4.78 is 10.8. The molecule has 1 fully saturated rings. The van der Waals surface area contributed by atoms with Crippen LogP contribution in [-0.2, 0) is 4.74 Å². The number of ether oxygens (including phenoxy) is 2. The van der Waals surface area contributed by atoms with E-state index in [0.717, 1.165) is 18.0 Å². The van der Waals surface area contributed by atoms with Gasteiger partial charge in [0.1, 0.15) is 5.75 Å². The third kappa shape index (κ3) is 2.84. The monoisotopic (exact) mass is 247 g/mol. The number of nitrogens with zero attached hydrogens (tertiary/aromatic N) is 2. The average Bonchev–Trinajstić information content (AvgIpc) is 2.38. The predicted octanol–water partition coefficient (Wildman–Crippen LogP) is 1.40. The molecule has 0 radical (unpaired) electrons. The first-order valence-corrected chi connectivity index (χ1v) is 6.02. The molecule has 1 saturated heterocycles. The van der Waals surface area contributed by atoms with Crippen molar-refractivity contribution in [3.05, 3.63) is 18.2 Å². The van der Waals surface area contributed by atoms with Gasteiger partial charge in [0, 0.05) is 30.1 Å². The molecule has 0 saturated carbocycles. The fourth-order valence-electron chi connectivity index (χ4n) is 2.00. The van der Waals surface area contributed by atoms with Crippen LogP contribution in [0.5, 0.6) is 5.75 Å². The largest absolute Gasteiger partial charge is 0.494 e. The molecule has 1 aromatic rings. The molecule has 0 amide bonds. The van der Waals surface area contributed by atoms with Crippen LogP contribution < -0.4 is 15.4 Å². The Morgan fingerprint density at radius 1 is 1.56 bits per heavy atom. The zero-order valence-corrected chi connectivity index (χ0v) is 10.4. The third-order valence-corrected chi connectivity index (χ3v) is 2.80. The molecule has 1 heterocycles. The van der Waals surface area contributed by atoms with Gasteiger partial charge < -0.3 is 20.1 Å². The van der Waals surface area contributed by atoms with Gasteiger partial charge in [-0.1, -0.05) is 0 Å². The van der Waals surface area contributed by atoms with Crippen molar-refractivity contribution in [2.75, 3.05) is 36.9 Å². The number of morpholine rings is 1. The standard InChI is InChI=1S/C13H17N3O2/c1-2-17-12-6-10(15)5-11(7-12)16-3-4-18-13(8-14)9-16/h5-7,13H,2-4,9,15H2,1H3. The number of benzene rings is 1. The minimum Gasteiger partial charge on any atom is -0.494 e. The highest BCUT2D eigenvalue weighted by molar-refractivity contribution is 5.61. The molecule has 96 valence electrons. The van der Waals surface area contributed by atoms with Gasteiger partial charge in [-0.3, -0.25) is 0 Å². The first-order chi connectivity index (χ1) is 8.72. The van der Waals surface area contributed by atoms with E-state index in [0.29, 0.717) is 25.4 Å². The lowest BCUT2D eigenvalue weighted by atomic mass is 10.2. The van der Waals surface area contributed by atoms with Crippen molar-refractivity contribution < 1.29 is 9.47 Å². The van der Waals surface area contributed by atoms with E-state index in [1.807, 2.05) is 19.1 Å². The number of hydrogen-bond acceptors (Lipinski definition) is 5. The first-order valence-electron chi connectivity index (χ1n) is 6.02. The maximum absolute atomic E-state index is 8.90. The molecule has 2 N–H and O–H groups in total. The molecule has 0 spiro atoms. The van der Waals surface area contributed by atoms with Crippen LogP contribution in [-0.4, -0.2) is 32.4 Å². The van der Waals surface area contributed by atoms with Crippen LogP contribution in [0.25, 0.3) is 0 Å². The molecule has 0 bridgehead atoms. The molecule has 5 heteroatoms. The zero-order chi connectivity index (χ0) is 13.0.